The molecule has 5 N–H and O–H groups in total. The van der Waals surface area contributed by atoms with E-state index >= 15 is 0 Å². The van der Waals surface area contributed by atoms with E-state index < -0.39 is 47.6 Å². The van der Waals surface area contributed by atoms with Gasteiger partial charge >= 0.3 is 10.3 Å². The maximum Gasteiger partial charge on any atom is 0.336 e. The first-order chi connectivity index (χ1) is 8.73. The fourth-order valence-electron chi connectivity index (χ4n) is 1.62. The van der Waals surface area contributed by atoms with Crippen LogP contribution in [0.1, 0.15) is 12.8 Å². The SMILES string of the molecule is O=S(=O)(NC1CC1)OC[C@@]1(O)OC[C@@H](O)[C@@H](O)[C@@H]1O. The number of ether oxygens (including phenoxy) is 1. The molecule has 10 heteroatoms. The summed E-state index contributed by atoms with van der Waals surface area (Å²) in [5, 5.41) is 38.1. The monoisotopic (exact) mass is 299 g/mol. The number of rotatable bonds is 5. The van der Waals surface area contributed by atoms with Gasteiger partial charge in [0.05, 0.1) is 6.61 Å². The molecule has 0 unspecified atom stereocenters. The van der Waals surface area contributed by atoms with Crippen LogP contribution in [-0.4, -0.2) is 72.2 Å². The first kappa shape index (κ1) is 15.1. The molecule has 1 aliphatic heterocycles. The Hall–Kier alpha value is -0.330. The van der Waals surface area contributed by atoms with Crippen LogP contribution >= 0.6 is 0 Å². The molecule has 0 aromatic carbocycles. The molecule has 0 aromatic heterocycles. The van der Waals surface area contributed by atoms with Crippen LogP contribution < -0.4 is 4.72 Å². The topological polar surface area (TPSA) is 146 Å². The molecule has 9 nitrogen and oxygen atoms in total. The summed E-state index contributed by atoms with van der Waals surface area (Å²) in [6.45, 7) is -1.34. The summed E-state index contributed by atoms with van der Waals surface area (Å²) in [6.07, 6.45) is -3.46. The van der Waals surface area contributed by atoms with Crippen molar-refractivity contribution in [3.05, 3.63) is 0 Å². The minimum Gasteiger partial charge on any atom is -0.388 e. The van der Waals surface area contributed by atoms with E-state index in [1.807, 2.05) is 0 Å². The smallest absolute Gasteiger partial charge is 0.336 e. The third-order valence-electron chi connectivity index (χ3n) is 2.99. The molecule has 0 spiro atoms. The number of hydrogen-bond donors (Lipinski definition) is 5. The molecule has 0 amide bonds. The summed E-state index contributed by atoms with van der Waals surface area (Å²) >= 11 is 0. The molecular weight excluding hydrogens is 282 g/mol. The van der Waals surface area contributed by atoms with Crippen molar-refractivity contribution in [1.29, 1.82) is 0 Å². The van der Waals surface area contributed by atoms with Crippen molar-refractivity contribution in [2.24, 2.45) is 0 Å². The number of nitrogens with one attached hydrogen (secondary N) is 1. The van der Waals surface area contributed by atoms with Crippen molar-refractivity contribution in [1.82, 2.24) is 4.72 Å². The third kappa shape index (κ3) is 3.61. The van der Waals surface area contributed by atoms with Crippen LogP contribution in [0.4, 0.5) is 0 Å². The van der Waals surface area contributed by atoms with Crippen LogP contribution in [0.5, 0.6) is 0 Å². The van der Waals surface area contributed by atoms with Crippen molar-refractivity contribution >= 4 is 10.3 Å². The molecule has 112 valence electrons. The minimum atomic E-state index is -4.06. The van der Waals surface area contributed by atoms with Gasteiger partial charge in [0, 0.05) is 6.04 Å². The van der Waals surface area contributed by atoms with Gasteiger partial charge in [-0.25, -0.2) is 0 Å². The Labute approximate surface area is 110 Å². The number of aliphatic hydroxyl groups excluding tert-OH is 3. The van der Waals surface area contributed by atoms with Gasteiger partial charge in [0.15, 0.2) is 0 Å². The van der Waals surface area contributed by atoms with Gasteiger partial charge in [-0.2, -0.15) is 13.1 Å². The van der Waals surface area contributed by atoms with Crippen LogP contribution in [0.15, 0.2) is 0 Å². The highest BCUT2D eigenvalue weighted by Crippen LogP contribution is 2.25. The van der Waals surface area contributed by atoms with Crippen molar-refractivity contribution in [3.8, 4) is 0 Å². The van der Waals surface area contributed by atoms with Crippen LogP contribution in [0, 0.1) is 0 Å². The molecular formula is C9H17NO8S. The van der Waals surface area contributed by atoms with Crippen molar-refractivity contribution in [2.45, 2.75) is 43.0 Å². The molecule has 1 heterocycles. The molecule has 1 saturated carbocycles. The molecule has 0 bridgehead atoms. The van der Waals surface area contributed by atoms with E-state index in [4.69, 9.17) is 4.74 Å². The van der Waals surface area contributed by atoms with Crippen LogP contribution in [0.3, 0.4) is 0 Å². The Morgan fingerprint density at radius 3 is 2.53 bits per heavy atom. The fourth-order valence-corrected chi connectivity index (χ4v) is 2.66. The largest absolute Gasteiger partial charge is 0.388 e. The Morgan fingerprint density at radius 2 is 1.95 bits per heavy atom. The van der Waals surface area contributed by atoms with E-state index in [9.17, 15) is 28.8 Å². The molecule has 4 atom stereocenters. The van der Waals surface area contributed by atoms with Gasteiger partial charge < -0.3 is 25.2 Å². The fraction of sp³-hybridized carbons (Fsp3) is 1.00. The quantitative estimate of drug-likeness (QED) is 0.357. The second kappa shape index (κ2) is 5.22. The van der Waals surface area contributed by atoms with Gasteiger partial charge in [-0.05, 0) is 12.8 Å². The zero-order valence-electron chi connectivity index (χ0n) is 9.97. The zero-order chi connectivity index (χ0) is 14.3. The number of hydrogen-bond acceptors (Lipinski definition) is 8. The highest BCUT2D eigenvalue weighted by molar-refractivity contribution is 7.84. The molecule has 19 heavy (non-hydrogen) atoms. The van der Waals surface area contributed by atoms with E-state index in [1.165, 1.54) is 0 Å². The second-order valence-electron chi connectivity index (χ2n) is 4.77. The first-order valence-electron chi connectivity index (χ1n) is 5.81. The summed E-state index contributed by atoms with van der Waals surface area (Å²) in [6, 6.07) is -0.163. The van der Waals surface area contributed by atoms with Crippen molar-refractivity contribution in [2.75, 3.05) is 13.2 Å². The van der Waals surface area contributed by atoms with Crippen LogP contribution in [0.2, 0.25) is 0 Å². The van der Waals surface area contributed by atoms with Gasteiger partial charge in [-0.3, -0.25) is 4.18 Å². The molecule has 2 rings (SSSR count). The lowest BCUT2D eigenvalue weighted by molar-refractivity contribution is -0.328. The highest BCUT2D eigenvalue weighted by Gasteiger charge is 2.49. The lowest BCUT2D eigenvalue weighted by Gasteiger charge is -2.40. The van der Waals surface area contributed by atoms with E-state index in [2.05, 4.69) is 8.91 Å². The van der Waals surface area contributed by atoms with E-state index in [1.54, 1.807) is 0 Å². The van der Waals surface area contributed by atoms with E-state index in [0.29, 0.717) is 0 Å². The maximum atomic E-state index is 11.4. The lowest BCUT2D eigenvalue weighted by Crippen LogP contribution is -2.63. The van der Waals surface area contributed by atoms with Gasteiger partial charge in [-0.1, -0.05) is 0 Å². The molecule has 1 saturated heterocycles. The van der Waals surface area contributed by atoms with Crippen LogP contribution in [0.25, 0.3) is 0 Å². The third-order valence-corrected chi connectivity index (χ3v) is 4.04. The number of aliphatic hydroxyl groups is 4. The minimum absolute atomic E-state index is 0.163. The van der Waals surface area contributed by atoms with Gasteiger partial charge in [0.25, 0.3) is 0 Å². The summed E-state index contributed by atoms with van der Waals surface area (Å²) in [7, 11) is -4.06. The molecule has 2 fully saturated rings. The lowest BCUT2D eigenvalue weighted by atomic mass is 9.98. The summed E-state index contributed by atoms with van der Waals surface area (Å²) in [5.74, 6) is -2.39. The first-order valence-corrected chi connectivity index (χ1v) is 7.21. The molecule has 0 radical (unpaired) electrons. The summed E-state index contributed by atoms with van der Waals surface area (Å²) in [4.78, 5) is 0. The molecule has 2 aliphatic rings. The van der Waals surface area contributed by atoms with Gasteiger partial charge in [0.2, 0.25) is 5.79 Å². The van der Waals surface area contributed by atoms with Crippen molar-refractivity contribution < 1.29 is 37.8 Å². The highest BCUT2D eigenvalue weighted by atomic mass is 32.2. The zero-order valence-corrected chi connectivity index (χ0v) is 10.8. The normalized spacial score (nSPS) is 40.3. The predicted molar refractivity (Wildman–Crippen MR) is 60.0 cm³/mol. The average molecular weight is 299 g/mol. The van der Waals surface area contributed by atoms with E-state index in [-0.39, 0.29) is 6.04 Å². The van der Waals surface area contributed by atoms with Crippen LogP contribution in [-0.2, 0) is 19.2 Å². The summed E-state index contributed by atoms with van der Waals surface area (Å²) in [5.41, 5.74) is 0. The average Bonchev–Trinajstić information content (AvgIpc) is 3.13. The Bertz CT molecular complexity index is 424. The van der Waals surface area contributed by atoms with E-state index in [0.717, 1.165) is 12.8 Å². The predicted octanol–water partition coefficient (Wildman–Crippen LogP) is -3.20. The Kier molecular flexibility index (Phi) is 4.14. The molecule has 0 aromatic rings. The maximum absolute atomic E-state index is 11.4. The Morgan fingerprint density at radius 1 is 1.32 bits per heavy atom. The summed E-state index contributed by atoms with van der Waals surface area (Å²) < 4.78 is 34.3. The standard InChI is InChI=1S/C9H17NO8S/c11-6-3-17-9(14,8(13)7(6)12)4-18-19(15,16)10-5-1-2-5/h5-8,10-14H,1-4H2/t6-,7-,8+,9-/m1/s1. The van der Waals surface area contributed by atoms with Gasteiger partial charge in [0.1, 0.15) is 24.9 Å². The van der Waals surface area contributed by atoms with Crippen molar-refractivity contribution in [3.63, 3.8) is 0 Å². The molecule has 1 aliphatic carbocycles. The Balaban J connectivity index is 1.93. The second-order valence-corrected chi connectivity index (χ2v) is 6.15. The van der Waals surface area contributed by atoms with Gasteiger partial charge in [-0.15, -0.1) is 0 Å².